The smallest absolute Gasteiger partial charge is 0.122 e. The van der Waals surface area contributed by atoms with E-state index in [-0.39, 0.29) is 5.60 Å². The van der Waals surface area contributed by atoms with Gasteiger partial charge in [0.05, 0.1) is 18.8 Å². The van der Waals surface area contributed by atoms with E-state index in [9.17, 15) is 0 Å². The van der Waals surface area contributed by atoms with Gasteiger partial charge in [0.15, 0.2) is 0 Å². The van der Waals surface area contributed by atoms with E-state index in [0.717, 1.165) is 57.9 Å². The zero-order valence-electron chi connectivity index (χ0n) is 11.9. The maximum absolute atomic E-state index is 6.11. The molecule has 1 aromatic rings. The fraction of sp³-hybridized carbons (Fsp3) is 0.625. The van der Waals surface area contributed by atoms with Gasteiger partial charge in [0, 0.05) is 39.0 Å². The van der Waals surface area contributed by atoms with E-state index in [1.165, 1.54) is 11.1 Å². The van der Waals surface area contributed by atoms with E-state index in [1.54, 1.807) is 0 Å². The van der Waals surface area contributed by atoms with E-state index in [0.29, 0.717) is 6.54 Å². The van der Waals surface area contributed by atoms with Crippen molar-refractivity contribution in [2.45, 2.75) is 31.3 Å². The van der Waals surface area contributed by atoms with E-state index in [2.05, 4.69) is 18.2 Å². The van der Waals surface area contributed by atoms with E-state index >= 15 is 0 Å². The molecule has 110 valence electrons. The topological polar surface area (TPSA) is 53.7 Å². The van der Waals surface area contributed by atoms with Crippen LogP contribution in [0.4, 0.5) is 0 Å². The molecule has 2 aliphatic rings. The molecule has 20 heavy (non-hydrogen) atoms. The predicted molar refractivity (Wildman–Crippen MR) is 77.1 cm³/mol. The van der Waals surface area contributed by atoms with Crippen molar-refractivity contribution in [2.75, 3.05) is 33.0 Å². The van der Waals surface area contributed by atoms with E-state index in [1.807, 2.05) is 0 Å². The maximum Gasteiger partial charge on any atom is 0.122 e. The number of nitrogens with two attached hydrogens (primary N) is 1. The fourth-order valence-corrected chi connectivity index (χ4v) is 2.93. The minimum atomic E-state index is -0.169. The van der Waals surface area contributed by atoms with Crippen LogP contribution in [0.5, 0.6) is 5.75 Å². The van der Waals surface area contributed by atoms with Crippen LogP contribution >= 0.6 is 0 Å². The molecule has 0 aliphatic carbocycles. The summed E-state index contributed by atoms with van der Waals surface area (Å²) in [6.45, 7) is 3.62. The summed E-state index contributed by atoms with van der Waals surface area (Å²) in [5, 5.41) is 0. The van der Waals surface area contributed by atoms with Crippen LogP contribution in [0.15, 0.2) is 18.2 Å². The van der Waals surface area contributed by atoms with Crippen LogP contribution in [-0.4, -0.2) is 38.6 Å². The summed E-state index contributed by atoms with van der Waals surface area (Å²) in [7, 11) is 0. The molecular weight excluding hydrogens is 254 g/mol. The molecule has 0 atom stereocenters. The molecule has 1 aromatic carbocycles. The van der Waals surface area contributed by atoms with Gasteiger partial charge in [0.1, 0.15) is 5.75 Å². The average molecular weight is 277 g/mol. The Hall–Kier alpha value is -1.10. The van der Waals surface area contributed by atoms with Gasteiger partial charge >= 0.3 is 0 Å². The highest BCUT2D eigenvalue weighted by Gasteiger charge is 2.31. The van der Waals surface area contributed by atoms with Gasteiger partial charge in [-0.15, -0.1) is 0 Å². The zero-order valence-corrected chi connectivity index (χ0v) is 11.9. The molecule has 2 heterocycles. The summed E-state index contributed by atoms with van der Waals surface area (Å²) >= 11 is 0. The van der Waals surface area contributed by atoms with Crippen LogP contribution < -0.4 is 10.5 Å². The van der Waals surface area contributed by atoms with Crippen molar-refractivity contribution in [1.29, 1.82) is 0 Å². The lowest BCUT2D eigenvalue weighted by Crippen LogP contribution is -2.45. The van der Waals surface area contributed by atoms with Crippen molar-refractivity contribution < 1.29 is 14.2 Å². The summed E-state index contributed by atoms with van der Waals surface area (Å²) in [4.78, 5) is 0. The third-order valence-electron chi connectivity index (χ3n) is 4.33. The second-order valence-corrected chi connectivity index (χ2v) is 5.64. The number of ether oxygens (including phenoxy) is 3. The van der Waals surface area contributed by atoms with Crippen molar-refractivity contribution in [3.05, 3.63) is 29.3 Å². The molecule has 0 amide bonds. The van der Waals surface area contributed by atoms with Gasteiger partial charge in [-0.3, -0.25) is 0 Å². The number of hydrogen-bond donors (Lipinski definition) is 1. The van der Waals surface area contributed by atoms with E-state index < -0.39 is 0 Å². The lowest BCUT2D eigenvalue weighted by Gasteiger charge is -2.36. The van der Waals surface area contributed by atoms with Crippen LogP contribution in [0, 0.1) is 0 Å². The summed E-state index contributed by atoms with van der Waals surface area (Å²) in [5.74, 6) is 1.04. The van der Waals surface area contributed by atoms with Crippen molar-refractivity contribution in [3.8, 4) is 5.75 Å². The highest BCUT2D eigenvalue weighted by Crippen LogP contribution is 2.27. The molecule has 0 saturated carbocycles. The molecule has 3 rings (SSSR count). The minimum Gasteiger partial charge on any atom is -0.493 e. The van der Waals surface area contributed by atoms with Gasteiger partial charge < -0.3 is 19.9 Å². The van der Waals surface area contributed by atoms with Gasteiger partial charge in [0.2, 0.25) is 0 Å². The molecule has 0 bridgehead atoms. The highest BCUT2D eigenvalue weighted by atomic mass is 16.5. The van der Waals surface area contributed by atoms with Crippen molar-refractivity contribution in [3.63, 3.8) is 0 Å². The first-order valence-corrected chi connectivity index (χ1v) is 7.48. The number of hydrogen-bond acceptors (Lipinski definition) is 4. The Bertz CT molecular complexity index is 455. The quantitative estimate of drug-likeness (QED) is 0.890. The monoisotopic (exact) mass is 277 g/mol. The lowest BCUT2D eigenvalue weighted by molar-refractivity contribution is -0.104. The SMILES string of the molecule is NCC1(OCCc2ccc3c(c2)CCO3)CCOCC1. The second-order valence-electron chi connectivity index (χ2n) is 5.64. The molecule has 1 fully saturated rings. The summed E-state index contributed by atoms with van der Waals surface area (Å²) < 4.78 is 17.0. The minimum absolute atomic E-state index is 0.169. The average Bonchev–Trinajstić information content (AvgIpc) is 2.96. The molecule has 0 unspecified atom stereocenters. The first-order chi connectivity index (χ1) is 9.81. The zero-order chi connectivity index (χ0) is 13.8. The lowest BCUT2D eigenvalue weighted by atomic mass is 9.94. The number of fused-ring (bicyclic) bond motifs is 1. The summed E-state index contributed by atoms with van der Waals surface area (Å²) in [5.41, 5.74) is 8.36. The molecule has 4 nitrogen and oxygen atoms in total. The Morgan fingerprint density at radius 2 is 2.05 bits per heavy atom. The number of benzene rings is 1. The predicted octanol–water partition coefficient (Wildman–Crippen LogP) is 1.69. The Morgan fingerprint density at radius 3 is 2.85 bits per heavy atom. The first kappa shape index (κ1) is 13.9. The van der Waals surface area contributed by atoms with Gasteiger partial charge in [-0.2, -0.15) is 0 Å². The highest BCUT2D eigenvalue weighted by molar-refractivity contribution is 5.39. The van der Waals surface area contributed by atoms with Crippen molar-refractivity contribution >= 4 is 0 Å². The van der Waals surface area contributed by atoms with Crippen LogP contribution in [0.25, 0.3) is 0 Å². The van der Waals surface area contributed by atoms with Crippen molar-refractivity contribution in [2.24, 2.45) is 5.73 Å². The Balaban J connectivity index is 1.54. The Labute approximate surface area is 120 Å². The van der Waals surface area contributed by atoms with Crippen LogP contribution in [0.2, 0.25) is 0 Å². The van der Waals surface area contributed by atoms with Gasteiger partial charge in [-0.1, -0.05) is 12.1 Å². The Kier molecular flexibility index (Phi) is 4.24. The third kappa shape index (κ3) is 2.97. The van der Waals surface area contributed by atoms with Gasteiger partial charge in [0.25, 0.3) is 0 Å². The van der Waals surface area contributed by atoms with Crippen LogP contribution in [0.1, 0.15) is 24.0 Å². The molecular formula is C16H23NO3. The fourth-order valence-electron chi connectivity index (χ4n) is 2.93. The third-order valence-corrected chi connectivity index (χ3v) is 4.33. The molecule has 0 aromatic heterocycles. The van der Waals surface area contributed by atoms with Gasteiger partial charge in [-0.25, -0.2) is 0 Å². The standard InChI is InChI=1S/C16H23NO3/c17-12-16(5-9-18-10-6-16)20-8-3-13-1-2-15-14(11-13)4-7-19-15/h1-2,11H,3-10,12,17H2. The molecule has 1 saturated heterocycles. The van der Waals surface area contributed by atoms with Crippen LogP contribution in [-0.2, 0) is 22.3 Å². The normalized spacial score (nSPS) is 20.4. The second kappa shape index (κ2) is 6.12. The summed E-state index contributed by atoms with van der Waals surface area (Å²) in [6, 6.07) is 6.45. The van der Waals surface area contributed by atoms with E-state index in [4.69, 9.17) is 19.9 Å². The summed E-state index contributed by atoms with van der Waals surface area (Å²) in [6.07, 6.45) is 3.76. The largest absolute Gasteiger partial charge is 0.493 e. The molecule has 2 aliphatic heterocycles. The van der Waals surface area contributed by atoms with Gasteiger partial charge in [-0.05, 0) is 23.6 Å². The van der Waals surface area contributed by atoms with Crippen molar-refractivity contribution in [1.82, 2.24) is 0 Å². The first-order valence-electron chi connectivity index (χ1n) is 7.48. The molecule has 0 radical (unpaired) electrons. The van der Waals surface area contributed by atoms with Crippen LogP contribution in [0.3, 0.4) is 0 Å². The molecule has 2 N–H and O–H groups in total. The Morgan fingerprint density at radius 1 is 1.20 bits per heavy atom. The maximum atomic E-state index is 6.11. The molecule has 4 heteroatoms. The molecule has 0 spiro atoms. The number of rotatable bonds is 5.